The van der Waals surface area contributed by atoms with Gasteiger partial charge in [0.25, 0.3) is 0 Å². The summed E-state index contributed by atoms with van der Waals surface area (Å²) in [4.78, 5) is 2.72. The topological polar surface area (TPSA) is 15.3 Å². The van der Waals surface area contributed by atoms with Crippen molar-refractivity contribution in [1.82, 2.24) is 10.2 Å². The number of fused-ring (bicyclic) bond motifs is 1. The van der Waals surface area contributed by atoms with Crippen LogP contribution in [0.4, 0.5) is 0 Å². The summed E-state index contributed by atoms with van der Waals surface area (Å²) in [7, 11) is 2.02. The Bertz CT molecular complexity index is 419. The highest BCUT2D eigenvalue weighted by Gasteiger charge is 2.26. The maximum absolute atomic E-state index is 3.24. The van der Waals surface area contributed by atoms with E-state index >= 15 is 0 Å². The second kappa shape index (κ2) is 8.23. The van der Waals surface area contributed by atoms with Gasteiger partial charge in [-0.15, -0.1) is 24.8 Å². The zero-order chi connectivity index (χ0) is 12.4. The summed E-state index contributed by atoms with van der Waals surface area (Å²) in [6.07, 6.45) is 6.79. The number of nitrogens with zero attached hydrogens (tertiary/aromatic N) is 1. The Kier molecular flexibility index (Phi) is 7.32. The third-order valence-electron chi connectivity index (χ3n) is 4.58. The zero-order valence-corrected chi connectivity index (χ0v) is 13.9. The SMILES string of the molecule is CNCc1ccc2c(c1)CCN(C1CCC1)CC2.Cl.Cl. The molecule has 3 rings (SSSR count). The molecule has 1 N–H and O–H groups in total. The van der Waals surface area contributed by atoms with E-state index in [1.807, 2.05) is 7.05 Å². The molecule has 0 aromatic heterocycles. The van der Waals surface area contributed by atoms with Crippen molar-refractivity contribution in [2.75, 3.05) is 20.1 Å². The maximum atomic E-state index is 3.24. The van der Waals surface area contributed by atoms with Gasteiger partial charge in [0.15, 0.2) is 0 Å². The Morgan fingerprint density at radius 3 is 2.40 bits per heavy atom. The lowest BCUT2D eigenvalue weighted by molar-refractivity contribution is 0.133. The number of halogens is 2. The Hall–Kier alpha value is -0.280. The summed E-state index contributed by atoms with van der Waals surface area (Å²) in [6, 6.07) is 7.95. The van der Waals surface area contributed by atoms with Gasteiger partial charge in [-0.2, -0.15) is 0 Å². The third-order valence-corrected chi connectivity index (χ3v) is 4.58. The number of hydrogen-bond donors (Lipinski definition) is 1. The molecular formula is C16H26Cl2N2. The van der Waals surface area contributed by atoms with Crippen LogP contribution in [0.3, 0.4) is 0 Å². The summed E-state index contributed by atoms with van der Waals surface area (Å²) in [5.74, 6) is 0. The molecule has 1 aliphatic heterocycles. The molecule has 1 saturated carbocycles. The smallest absolute Gasteiger partial charge is 0.0202 e. The molecule has 1 aliphatic carbocycles. The van der Waals surface area contributed by atoms with Gasteiger partial charge in [-0.3, -0.25) is 4.90 Å². The molecule has 0 spiro atoms. The monoisotopic (exact) mass is 316 g/mol. The van der Waals surface area contributed by atoms with Crippen LogP contribution < -0.4 is 5.32 Å². The van der Waals surface area contributed by atoms with Gasteiger partial charge in [0, 0.05) is 25.7 Å². The lowest BCUT2D eigenvalue weighted by atomic mass is 9.91. The predicted octanol–water partition coefficient (Wildman–Crippen LogP) is 3.20. The zero-order valence-electron chi connectivity index (χ0n) is 12.2. The van der Waals surface area contributed by atoms with E-state index in [-0.39, 0.29) is 24.8 Å². The van der Waals surface area contributed by atoms with Crippen molar-refractivity contribution in [2.24, 2.45) is 0 Å². The van der Waals surface area contributed by atoms with Crippen LogP contribution in [0.2, 0.25) is 0 Å². The van der Waals surface area contributed by atoms with Gasteiger partial charge in [-0.25, -0.2) is 0 Å². The van der Waals surface area contributed by atoms with Crippen molar-refractivity contribution in [3.05, 3.63) is 34.9 Å². The van der Waals surface area contributed by atoms with E-state index in [2.05, 4.69) is 28.4 Å². The molecule has 0 atom stereocenters. The number of rotatable bonds is 3. The van der Waals surface area contributed by atoms with Gasteiger partial charge >= 0.3 is 0 Å². The van der Waals surface area contributed by atoms with Crippen LogP contribution in [-0.4, -0.2) is 31.1 Å². The minimum Gasteiger partial charge on any atom is -0.316 e. The minimum absolute atomic E-state index is 0. The Morgan fingerprint density at radius 1 is 1.10 bits per heavy atom. The van der Waals surface area contributed by atoms with Crippen LogP contribution in [0.25, 0.3) is 0 Å². The van der Waals surface area contributed by atoms with Crippen molar-refractivity contribution in [2.45, 2.75) is 44.7 Å². The predicted molar refractivity (Wildman–Crippen MR) is 90.3 cm³/mol. The van der Waals surface area contributed by atoms with Crippen LogP contribution in [0.1, 0.15) is 36.0 Å². The standard InChI is InChI=1S/C16H24N2.2ClH/c1-17-12-13-5-6-14-7-9-18(16-3-2-4-16)10-8-15(14)11-13;;/h5-6,11,16-17H,2-4,7-10,12H2,1H3;2*1H. The number of hydrogen-bond acceptors (Lipinski definition) is 2. The lowest BCUT2D eigenvalue weighted by Gasteiger charge is -2.36. The fourth-order valence-corrected chi connectivity index (χ4v) is 3.23. The van der Waals surface area contributed by atoms with E-state index in [1.54, 1.807) is 11.1 Å². The van der Waals surface area contributed by atoms with Crippen LogP contribution in [0.5, 0.6) is 0 Å². The molecule has 1 aromatic carbocycles. The van der Waals surface area contributed by atoms with Gasteiger partial charge in [0.2, 0.25) is 0 Å². The Morgan fingerprint density at radius 2 is 1.80 bits per heavy atom. The van der Waals surface area contributed by atoms with Crippen LogP contribution in [0, 0.1) is 0 Å². The molecule has 0 saturated heterocycles. The molecule has 1 fully saturated rings. The van der Waals surface area contributed by atoms with E-state index in [0.29, 0.717) is 0 Å². The number of nitrogens with one attached hydrogen (secondary N) is 1. The van der Waals surface area contributed by atoms with Gasteiger partial charge in [-0.1, -0.05) is 24.6 Å². The highest BCUT2D eigenvalue weighted by Crippen LogP contribution is 2.27. The van der Waals surface area contributed by atoms with E-state index < -0.39 is 0 Å². The van der Waals surface area contributed by atoms with E-state index in [4.69, 9.17) is 0 Å². The molecule has 2 nitrogen and oxygen atoms in total. The first-order valence-corrected chi connectivity index (χ1v) is 7.36. The molecule has 2 aliphatic rings. The molecule has 0 amide bonds. The van der Waals surface area contributed by atoms with Gasteiger partial charge < -0.3 is 5.32 Å². The quantitative estimate of drug-likeness (QED) is 0.921. The fraction of sp³-hybridized carbons (Fsp3) is 0.625. The van der Waals surface area contributed by atoms with E-state index in [9.17, 15) is 0 Å². The molecule has 114 valence electrons. The molecule has 0 unspecified atom stereocenters. The molecule has 0 bridgehead atoms. The normalized spacial score (nSPS) is 19.1. The highest BCUT2D eigenvalue weighted by molar-refractivity contribution is 5.85. The molecule has 20 heavy (non-hydrogen) atoms. The first-order chi connectivity index (χ1) is 8.86. The largest absolute Gasteiger partial charge is 0.316 e. The molecule has 1 heterocycles. The molecule has 1 aromatic rings. The Balaban J connectivity index is 0.000001000. The fourth-order valence-electron chi connectivity index (χ4n) is 3.23. The summed E-state index contributed by atoms with van der Waals surface area (Å²) < 4.78 is 0. The van der Waals surface area contributed by atoms with Crippen molar-refractivity contribution >= 4 is 24.8 Å². The average molecular weight is 317 g/mol. The summed E-state index contributed by atoms with van der Waals surface area (Å²) in [5, 5.41) is 3.24. The second-order valence-corrected chi connectivity index (χ2v) is 5.75. The first kappa shape index (κ1) is 17.8. The molecule has 4 heteroatoms. The Labute approximate surface area is 135 Å². The number of benzene rings is 1. The van der Waals surface area contributed by atoms with Gasteiger partial charge in [0.1, 0.15) is 0 Å². The maximum Gasteiger partial charge on any atom is 0.0202 e. The summed E-state index contributed by atoms with van der Waals surface area (Å²) in [6.45, 7) is 3.52. The van der Waals surface area contributed by atoms with Gasteiger partial charge in [0.05, 0.1) is 0 Å². The van der Waals surface area contributed by atoms with Crippen LogP contribution >= 0.6 is 24.8 Å². The second-order valence-electron chi connectivity index (χ2n) is 5.75. The van der Waals surface area contributed by atoms with Crippen LogP contribution in [0.15, 0.2) is 18.2 Å². The first-order valence-electron chi connectivity index (χ1n) is 7.36. The van der Waals surface area contributed by atoms with Crippen molar-refractivity contribution in [1.29, 1.82) is 0 Å². The third kappa shape index (κ3) is 3.88. The van der Waals surface area contributed by atoms with Crippen molar-refractivity contribution < 1.29 is 0 Å². The summed E-state index contributed by atoms with van der Waals surface area (Å²) in [5.41, 5.74) is 4.59. The van der Waals surface area contributed by atoms with E-state index in [1.165, 1.54) is 50.8 Å². The molecular weight excluding hydrogens is 291 g/mol. The average Bonchev–Trinajstić information content (AvgIpc) is 2.51. The highest BCUT2D eigenvalue weighted by atomic mass is 35.5. The van der Waals surface area contributed by atoms with Crippen LogP contribution in [-0.2, 0) is 19.4 Å². The molecule has 0 radical (unpaired) electrons. The van der Waals surface area contributed by atoms with Crippen molar-refractivity contribution in [3.8, 4) is 0 Å². The summed E-state index contributed by atoms with van der Waals surface area (Å²) >= 11 is 0. The van der Waals surface area contributed by atoms with Gasteiger partial charge in [-0.05, 0) is 49.4 Å². The lowest BCUT2D eigenvalue weighted by Crippen LogP contribution is -2.41. The van der Waals surface area contributed by atoms with E-state index in [0.717, 1.165) is 12.6 Å². The van der Waals surface area contributed by atoms with Crippen molar-refractivity contribution in [3.63, 3.8) is 0 Å². The minimum atomic E-state index is 0.